The molecule has 96 valence electrons. The predicted octanol–water partition coefficient (Wildman–Crippen LogP) is 3.21. The number of carbonyl (C=O) groups is 1. The zero-order chi connectivity index (χ0) is 12.8. The van der Waals surface area contributed by atoms with Gasteiger partial charge in [0.1, 0.15) is 0 Å². The molecule has 1 aromatic rings. The number of nitrogens with zero attached hydrogens (tertiary/aromatic N) is 1. The number of nitrogens with one attached hydrogen (secondary N) is 1. The molecule has 1 aromatic carbocycles. The van der Waals surface area contributed by atoms with Gasteiger partial charge < -0.3 is 0 Å². The summed E-state index contributed by atoms with van der Waals surface area (Å²) in [5, 5.41) is 4.06. The van der Waals surface area contributed by atoms with E-state index in [1.807, 2.05) is 37.3 Å². The summed E-state index contributed by atoms with van der Waals surface area (Å²) in [5.41, 5.74) is 3.80. The standard InChI is InChI=1S/C14H18N2OS/c1-11(18-13-9-3-2-4-10-13)14(17)16-15-12-7-5-6-8-12/h2-4,9-11H,5-8H2,1H3,(H,16,17)/t11-/m0/s1. The van der Waals surface area contributed by atoms with Crippen molar-refractivity contribution in [3.8, 4) is 0 Å². The molecule has 1 N–H and O–H groups in total. The van der Waals surface area contributed by atoms with Gasteiger partial charge in [-0.1, -0.05) is 18.2 Å². The molecule has 0 saturated heterocycles. The normalized spacial score (nSPS) is 16.4. The van der Waals surface area contributed by atoms with E-state index < -0.39 is 0 Å². The third-order valence-electron chi connectivity index (χ3n) is 2.93. The molecule has 0 spiro atoms. The summed E-state index contributed by atoms with van der Waals surface area (Å²) in [6.07, 6.45) is 4.45. The first kappa shape index (κ1) is 13.1. The van der Waals surface area contributed by atoms with E-state index in [1.54, 1.807) is 11.8 Å². The van der Waals surface area contributed by atoms with Crippen molar-refractivity contribution in [2.45, 2.75) is 42.8 Å². The first-order valence-electron chi connectivity index (χ1n) is 6.32. The minimum atomic E-state index is -0.127. The van der Waals surface area contributed by atoms with Crippen LogP contribution in [0.5, 0.6) is 0 Å². The number of carbonyl (C=O) groups excluding carboxylic acids is 1. The molecule has 0 unspecified atom stereocenters. The van der Waals surface area contributed by atoms with Gasteiger partial charge in [0.25, 0.3) is 5.91 Å². The highest BCUT2D eigenvalue weighted by Gasteiger charge is 2.14. The Morgan fingerprint density at radius 1 is 1.28 bits per heavy atom. The summed E-state index contributed by atoms with van der Waals surface area (Å²) in [4.78, 5) is 13.0. The van der Waals surface area contributed by atoms with Crippen LogP contribution >= 0.6 is 11.8 Å². The average molecular weight is 262 g/mol. The number of hydrogen-bond donors (Lipinski definition) is 1. The minimum Gasteiger partial charge on any atom is -0.272 e. The summed E-state index contributed by atoms with van der Waals surface area (Å²) < 4.78 is 0. The molecule has 0 bridgehead atoms. The molecule has 1 atom stereocenters. The van der Waals surface area contributed by atoms with Crippen LogP contribution in [0.15, 0.2) is 40.3 Å². The van der Waals surface area contributed by atoms with E-state index in [0.717, 1.165) is 23.4 Å². The second-order valence-electron chi connectivity index (χ2n) is 4.43. The van der Waals surface area contributed by atoms with E-state index >= 15 is 0 Å². The molecule has 0 radical (unpaired) electrons. The Kier molecular flexibility index (Phi) is 4.81. The zero-order valence-electron chi connectivity index (χ0n) is 10.6. The molecule has 1 aliphatic rings. The Balaban J connectivity index is 1.83. The van der Waals surface area contributed by atoms with E-state index in [4.69, 9.17) is 0 Å². The third-order valence-corrected chi connectivity index (χ3v) is 4.04. The number of hydrazone groups is 1. The predicted molar refractivity (Wildman–Crippen MR) is 75.8 cm³/mol. The smallest absolute Gasteiger partial charge is 0.253 e. The molecular formula is C14H18N2OS. The van der Waals surface area contributed by atoms with E-state index in [9.17, 15) is 4.79 Å². The average Bonchev–Trinajstić information content (AvgIpc) is 2.90. The fourth-order valence-corrected chi connectivity index (χ4v) is 2.76. The van der Waals surface area contributed by atoms with E-state index in [1.165, 1.54) is 12.8 Å². The van der Waals surface area contributed by atoms with Crippen molar-refractivity contribution in [3.63, 3.8) is 0 Å². The van der Waals surface area contributed by atoms with E-state index in [2.05, 4.69) is 10.5 Å². The maximum absolute atomic E-state index is 11.9. The molecule has 0 aromatic heterocycles. The number of benzene rings is 1. The molecule has 18 heavy (non-hydrogen) atoms. The second kappa shape index (κ2) is 6.59. The van der Waals surface area contributed by atoms with Gasteiger partial charge in [0.05, 0.1) is 5.25 Å². The Bertz CT molecular complexity index is 423. The van der Waals surface area contributed by atoms with Crippen LogP contribution in [0.2, 0.25) is 0 Å². The van der Waals surface area contributed by atoms with Gasteiger partial charge in [-0.15, -0.1) is 11.8 Å². The highest BCUT2D eigenvalue weighted by molar-refractivity contribution is 8.00. The molecule has 2 rings (SSSR count). The van der Waals surface area contributed by atoms with Crippen LogP contribution in [0, 0.1) is 0 Å². The van der Waals surface area contributed by atoms with Gasteiger partial charge in [-0.3, -0.25) is 4.79 Å². The first-order valence-corrected chi connectivity index (χ1v) is 7.20. The molecule has 0 aliphatic heterocycles. The SMILES string of the molecule is C[C@H](Sc1ccccc1)C(=O)NN=C1CCCC1. The van der Waals surface area contributed by atoms with Crippen LogP contribution in [0.25, 0.3) is 0 Å². The molecule has 1 fully saturated rings. The highest BCUT2D eigenvalue weighted by Crippen LogP contribution is 2.22. The third kappa shape index (κ3) is 3.88. The van der Waals surface area contributed by atoms with Gasteiger partial charge in [-0.2, -0.15) is 5.10 Å². The van der Waals surface area contributed by atoms with E-state index in [0.29, 0.717) is 0 Å². The van der Waals surface area contributed by atoms with Crippen LogP contribution in [-0.2, 0) is 4.79 Å². The number of rotatable bonds is 4. The molecule has 1 amide bonds. The van der Waals surface area contributed by atoms with Crippen LogP contribution < -0.4 is 5.43 Å². The maximum atomic E-state index is 11.9. The van der Waals surface area contributed by atoms with Crippen LogP contribution in [0.1, 0.15) is 32.6 Å². The van der Waals surface area contributed by atoms with Gasteiger partial charge >= 0.3 is 0 Å². The van der Waals surface area contributed by atoms with Gasteiger partial charge in [0.15, 0.2) is 0 Å². The summed E-state index contributed by atoms with van der Waals surface area (Å²) >= 11 is 1.55. The number of hydrogen-bond acceptors (Lipinski definition) is 3. The van der Waals surface area contributed by atoms with Crippen molar-refractivity contribution in [2.24, 2.45) is 5.10 Å². The zero-order valence-corrected chi connectivity index (χ0v) is 11.4. The van der Waals surface area contributed by atoms with Gasteiger partial charge in [0.2, 0.25) is 0 Å². The van der Waals surface area contributed by atoms with Crippen molar-refractivity contribution in [1.82, 2.24) is 5.43 Å². The fraction of sp³-hybridized carbons (Fsp3) is 0.429. The lowest BCUT2D eigenvalue weighted by molar-refractivity contribution is -0.120. The number of amides is 1. The van der Waals surface area contributed by atoms with Crippen molar-refractivity contribution in [1.29, 1.82) is 0 Å². The monoisotopic (exact) mass is 262 g/mol. The lowest BCUT2D eigenvalue weighted by Crippen LogP contribution is -2.27. The largest absolute Gasteiger partial charge is 0.272 e. The lowest BCUT2D eigenvalue weighted by atomic mass is 10.3. The Morgan fingerprint density at radius 2 is 1.94 bits per heavy atom. The molecule has 3 nitrogen and oxygen atoms in total. The van der Waals surface area contributed by atoms with Gasteiger partial charge in [-0.05, 0) is 44.7 Å². The fourth-order valence-electron chi connectivity index (χ4n) is 1.88. The molecule has 0 heterocycles. The molecule has 4 heteroatoms. The van der Waals surface area contributed by atoms with Crippen LogP contribution in [0.3, 0.4) is 0 Å². The second-order valence-corrected chi connectivity index (χ2v) is 5.85. The van der Waals surface area contributed by atoms with Gasteiger partial charge in [0, 0.05) is 10.6 Å². The molecular weight excluding hydrogens is 244 g/mol. The van der Waals surface area contributed by atoms with E-state index in [-0.39, 0.29) is 11.2 Å². The van der Waals surface area contributed by atoms with Crippen molar-refractivity contribution < 1.29 is 4.79 Å². The first-order chi connectivity index (χ1) is 8.75. The summed E-state index contributed by atoms with van der Waals surface area (Å²) in [6.45, 7) is 1.90. The molecule has 1 saturated carbocycles. The summed E-state index contributed by atoms with van der Waals surface area (Å²) in [6, 6.07) is 9.95. The molecule has 1 aliphatic carbocycles. The van der Waals surface area contributed by atoms with Gasteiger partial charge in [-0.25, -0.2) is 5.43 Å². The quantitative estimate of drug-likeness (QED) is 0.668. The summed E-state index contributed by atoms with van der Waals surface area (Å²) in [7, 11) is 0. The van der Waals surface area contributed by atoms with Crippen molar-refractivity contribution >= 4 is 23.4 Å². The van der Waals surface area contributed by atoms with Crippen LogP contribution in [-0.4, -0.2) is 16.9 Å². The Morgan fingerprint density at radius 3 is 2.61 bits per heavy atom. The minimum absolute atomic E-state index is 0.0248. The van der Waals surface area contributed by atoms with Crippen molar-refractivity contribution in [2.75, 3.05) is 0 Å². The summed E-state index contributed by atoms with van der Waals surface area (Å²) in [5.74, 6) is -0.0248. The Hall–Kier alpha value is -1.29. The topological polar surface area (TPSA) is 41.5 Å². The Labute approximate surface area is 112 Å². The highest BCUT2D eigenvalue weighted by atomic mass is 32.2. The number of thioether (sulfide) groups is 1. The lowest BCUT2D eigenvalue weighted by Gasteiger charge is -2.09. The maximum Gasteiger partial charge on any atom is 0.253 e. The van der Waals surface area contributed by atoms with Crippen LogP contribution in [0.4, 0.5) is 0 Å². The van der Waals surface area contributed by atoms with Crippen molar-refractivity contribution in [3.05, 3.63) is 30.3 Å².